The minimum atomic E-state index is -0.784. The van der Waals surface area contributed by atoms with Crippen LogP contribution < -0.4 is 11.1 Å². The molecule has 1 saturated heterocycles. The summed E-state index contributed by atoms with van der Waals surface area (Å²) < 4.78 is 22.6. The summed E-state index contributed by atoms with van der Waals surface area (Å²) in [7, 11) is 0. The number of halogens is 2. The molecule has 9 nitrogen and oxygen atoms in total. The van der Waals surface area contributed by atoms with Gasteiger partial charge in [0.05, 0.1) is 18.8 Å². The van der Waals surface area contributed by atoms with Gasteiger partial charge in [0.1, 0.15) is 24.5 Å². The molecule has 1 aliphatic carbocycles. The average molecular weight is 421 g/mol. The number of hydrogen-bond acceptors (Lipinski definition) is 9. The van der Waals surface area contributed by atoms with Gasteiger partial charge in [0, 0.05) is 0 Å². The van der Waals surface area contributed by atoms with E-state index < -0.39 is 11.8 Å². The Bertz CT molecular complexity index is 720. The number of aromatic nitrogens is 2. The number of fused-ring (bicyclic) bond motifs is 1. The zero-order valence-corrected chi connectivity index (χ0v) is 16.7. The maximum Gasteiger partial charge on any atom is 0.332 e. The van der Waals surface area contributed by atoms with Gasteiger partial charge in [-0.2, -0.15) is 4.98 Å². The fourth-order valence-electron chi connectivity index (χ4n) is 3.32. The topological polar surface area (TPSA) is 118 Å². The number of hydrogen-bond donors (Lipinski definition) is 2. The molecule has 0 radical (unpaired) electrons. The van der Waals surface area contributed by atoms with Crippen LogP contribution in [-0.2, 0) is 23.7 Å². The van der Waals surface area contributed by atoms with Crippen molar-refractivity contribution in [2.45, 2.75) is 57.3 Å². The van der Waals surface area contributed by atoms with Crippen LogP contribution in [0.5, 0.6) is 0 Å². The maximum atomic E-state index is 11.6. The molecule has 3 rings (SSSR count). The molecule has 0 bridgehead atoms. The predicted molar refractivity (Wildman–Crippen MR) is 98.7 cm³/mol. The molecular weight excluding hydrogens is 399 g/mol. The highest BCUT2D eigenvalue weighted by molar-refractivity contribution is 6.34. The van der Waals surface area contributed by atoms with Crippen molar-refractivity contribution in [1.29, 1.82) is 0 Å². The standard InChI is InChI=1S/C16H22Cl2N4O5/c1-4-24-9(23)6-25-8-5-7(11-12(8)27-16(2,3)26-11)20-14-10(19)13(17)21-15(18)22-14/h7-8,11-12H,4-6,19H2,1-3H3,(H,20,21,22)/t7-,8+,11+,12-/m1/s1. The first-order chi connectivity index (χ1) is 12.7. The van der Waals surface area contributed by atoms with Crippen molar-refractivity contribution in [1.82, 2.24) is 9.97 Å². The first-order valence-electron chi connectivity index (χ1n) is 8.58. The lowest BCUT2D eigenvalue weighted by atomic mass is 10.2. The summed E-state index contributed by atoms with van der Waals surface area (Å²) in [6, 6.07) is -0.242. The van der Waals surface area contributed by atoms with Crippen molar-refractivity contribution in [3.63, 3.8) is 0 Å². The molecule has 1 aromatic rings. The Morgan fingerprint density at radius 2 is 2.04 bits per heavy atom. The van der Waals surface area contributed by atoms with Gasteiger partial charge in [0.2, 0.25) is 5.28 Å². The first kappa shape index (κ1) is 20.3. The molecule has 11 heteroatoms. The van der Waals surface area contributed by atoms with Crippen LogP contribution in [0.1, 0.15) is 27.2 Å². The highest BCUT2D eigenvalue weighted by Gasteiger charge is 2.55. The molecule has 0 spiro atoms. The van der Waals surface area contributed by atoms with Crippen molar-refractivity contribution in [3.8, 4) is 0 Å². The van der Waals surface area contributed by atoms with Gasteiger partial charge in [-0.3, -0.25) is 0 Å². The Balaban J connectivity index is 1.75. The van der Waals surface area contributed by atoms with Gasteiger partial charge in [-0.25, -0.2) is 9.78 Å². The van der Waals surface area contributed by atoms with E-state index in [-0.39, 0.29) is 47.1 Å². The molecule has 2 fully saturated rings. The quantitative estimate of drug-likeness (QED) is 0.404. The SMILES string of the molecule is CCOC(=O)CO[C@H]1C[C@@H](Nc2nc(Cl)nc(Cl)c2N)[C@@H]2OC(C)(C)O[C@@H]21. The van der Waals surface area contributed by atoms with E-state index in [4.69, 9.17) is 47.9 Å². The zero-order valence-electron chi connectivity index (χ0n) is 15.2. The molecule has 0 unspecified atom stereocenters. The van der Waals surface area contributed by atoms with Crippen molar-refractivity contribution in [3.05, 3.63) is 10.4 Å². The number of esters is 1. The molecule has 0 amide bonds. The van der Waals surface area contributed by atoms with Crippen LogP contribution in [0.3, 0.4) is 0 Å². The highest BCUT2D eigenvalue weighted by atomic mass is 35.5. The van der Waals surface area contributed by atoms with E-state index in [9.17, 15) is 4.79 Å². The van der Waals surface area contributed by atoms with E-state index in [1.165, 1.54) is 0 Å². The predicted octanol–water partition coefficient (Wildman–Crippen LogP) is 2.02. The van der Waals surface area contributed by atoms with Crippen molar-refractivity contribution >= 4 is 40.7 Å². The first-order valence-corrected chi connectivity index (χ1v) is 9.33. The Kier molecular flexibility index (Phi) is 5.97. The number of anilines is 2. The zero-order chi connectivity index (χ0) is 19.8. The number of carbonyl (C=O) groups excluding carboxylic acids is 1. The summed E-state index contributed by atoms with van der Waals surface area (Å²) in [5.41, 5.74) is 6.13. The summed E-state index contributed by atoms with van der Waals surface area (Å²) in [5, 5.41) is 3.23. The van der Waals surface area contributed by atoms with E-state index in [2.05, 4.69) is 15.3 Å². The monoisotopic (exact) mass is 420 g/mol. The molecule has 1 aliphatic heterocycles. The molecule has 1 aromatic heterocycles. The van der Waals surface area contributed by atoms with Crippen LogP contribution in [0.2, 0.25) is 10.4 Å². The lowest BCUT2D eigenvalue weighted by Crippen LogP contribution is -2.35. The Hall–Kier alpha value is -1.39. The van der Waals surface area contributed by atoms with Crippen LogP contribution in [-0.4, -0.2) is 59.3 Å². The summed E-state index contributed by atoms with van der Waals surface area (Å²) in [6.07, 6.45) is -0.559. The lowest BCUT2D eigenvalue weighted by Gasteiger charge is -2.24. The summed E-state index contributed by atoms with van der Waals surface area (Å²) >= 11 is 11.8. The number of carbonyl (C=O) groups is 1. The Morgan fingerprint density at radius 3 is 2.74 bits per heavy atom. The van der Waals surface area contributed by atoms with E-state index in [1.807, 2.05) is 13.8 Å². The van der Waals surface area contributed by atoms with Gasteiger partial charge in [0.25, 0.3) is 0 Å². The largest absolute Gasteiger partial charge is 0.464 e. The normalized spacial score (nSPS) is 28.8. The molecule has 0 aromatic carbocycles. The third-order valence-electron chi connectivity index (χ3n) is 4.33. The minimum absolute atomic E-state index is 0.0229. The van der Waals surface area contributed by atoms with Gasteiger partial charge in [-0.15, -0.1) is 0 Å². The van der Waals surface area contributed by atoms with Gasteiger partial charge < -0.3 is 30.0 Å². The second kappa shape index (κ2) is 7.92. The number of nitrogens with zero attached hydrogens (tertiary/aromatic N) is 2. The second-order valence-corrected chi connectivity index (χ2v) is 7.45. The summed E-state index contributed by atoms with van der Waals surface area (Å²) in [5.74, 6) is -0.904. The molecular formula is C16H22Cl2N4O5. The van der Waals surface area contributed by atoms with Crippen LogP contribution >= 0.6 is 23.2 Å². The molecule has 1 saturated carbocycles. The number of ether oxygens (including phenoxy) is 4. The van der Waals surface area contributed by atoms with Gasteiger partial charge in [0.15, 0.2) is 16.8 Å². The summed E-state index contributed by atoms with van der Waals surface area (Å²) in [4.78, 5) is 19.5. The van der Waals surface area contributed by atoms with Crippen LogP contribution in [0, 0.1) is 0 Å². The third kappa shape index (κ3) is 4.55. The molecule has 2 aliphatic rings. The van der Waals surface area contributed by atoms with Crippen LogP contribution in [0.25, 0.3) is 0 Å². The van der Waals surface area contributed by atoms with Gasteiger partial charge in [-0.1, -0.05) is 11.6 Å². The molecule has 2 heterocycles. The highest BCUT2D eigenvalue weighted by Crippen LogP contribution is 2.41. The number of rotatable bonds is 6. The number of nitrogens with two attached hydrogens (primary N) is 1. The van der Waals surface area contributed by atoms with Gasteiger partial charge >= 0.3 is 5.97 Å². The second-order valence-electron chi connectivity index (χ2n) is 6.75. The lowest BCUT2D eigenvalue weighted by molar-refractivity contribution is -0.171. The third-order valence-corrected chi connectivity index (χ3v) is 4.78. The van der Waals surface area contributed by atoms with Crippen LogP contribution in [0.4, 0.5) is 11.5 Å². The number of nitrogen functional groups attached to an aromatic ring is 1. The van der Waals surface area contributed by atoms with Gasteiger partial charge in [-0.05, 0) is 38.8 Å². The molecule has 3 N–H and O–H groups in total. The molecule has 150 valence electrons. The van der Waals surface area contributed by atoms with Crippen LogP contribution in [0.15, 0.2) is 0 Å². The van der Waals surface area contributed by atoms with E-state index in [1.54, 1.807) is 6.92 Å². The summed E-state index contributed by atoms with van der Waals surface area (Å²) in [6.45, 7) is 5.51. The fourth-order valence-corrected chi connectivity index (χ4v) is 3.70. The van der Waals surface area contributed by atoms with E-state index in [0.717, 1.165) is 0 Å². The molecule has 4 atom stereocenters. The smallest absolute Gasteiger partial charge is 0.332 e. The molecule has 27 heavy (non-hydrogen) atoms. The number of nitrogens with one attached hydrogen (secondary N) is 1. The minimum Gasteiger partial charge on any atom is -0.464 e. The van der Waals surface area contributed by atoms with E-state index in [0.29, 0.717) is 18.8 Å². The van der Waals surface area contributed by atoms with E-state index >= 15 is 0 Å². The maximum absolute atomic E-state index is 11.6. The van der Waals surface area contributed by atoms with Crippen molar-refractivity contribution < 1.29 is 23.7 Å². The van der Waals surface area contributed by atoms with Crippen molar-refractivity contribution in [2.75, 3.05) is 24.3 Å². The fraction of sp³-hybridized carbons (Fsp3) is 0.688. The Morgan fingerprint density at radius 1 is 1.33 bits per heavy atom. The Labute approximate surface area is 166 Å². The van der Waals surface area contributed by atoms with Crippen molar-refractivity contribution in [2.24, 2.45) is 0 Å². The average Bonchev–Trinajstić information content (AvgIpc) is 3.04.